The molecule has 0 spiro atoms. The molecule has 0 aliphatic rings. The van der Waals surface area contributed by atoms with Crippen molar-refractivity contribution in [3.05, 3.63) is 11.7 Å². The van der Waals surface area contributed by atoms with Gasteiger partial charge >= 0.3 is 5.97 Å². The van der Waals surface area contributed by atoms with Crippen molar-refractivity contribution in [2.75, 3.05) is 6.67 Å². The number of carboxylic acid groups (broad SMARTS) is 1. The Morgan fingerprint density at radius 1 is 1.44 bits per heavy atom. The Morgan fingerprint density at radius 2 is 1.89 bits per heavy atom. The van der Waals surface area contributed by atoms with Gasteiger partial charge in [0.25, 0.3) is 6.08 Å². The van der Waals surface area contributed by atoms with Crippen LogP contribution in [0.3, 0.4) is 0 Å². The Labute approximate surface area is 48.6 Å². The number of halogens is 3. The van der Waals surface area contributed by atoms with E-state index in [9.17, 15) is 18.0 Å². The lowest BCUT2D eigenvalue weighted by atomic mass is 10.3. The first kappa shape index (κ1) is 8.00. The summed E-state index contributed by atoms with van der Waals surface area (Å²) in [6.07, 6.45) is -2.48. The van der Waals surface area contributed by atoms with Crippen molar-refractivity contribution in [3.63, 3.8) is 0 Å². The first-order chi connectivity index (χ1) is 4.09. The highest BCUT2D eigenvalue weighted by atomic mass is 19.3. The first-order valence-electron chi connectivity index (χ1n) is 1.93. The molecule has 52 valence electrons. The molecule has 0 aromatic heterocycles. The minimum absolute atomic E-state index is 1.48. The summed E-state index contributed by atoms with van der Waals surface area (Å²) in [6, 6.07) is 0. The number of carboxylic acids is 1. The minimum atomic E-state index is -2.48. The Morgan fingerprint density at radius 3 is 1.89 bits per heavy atom. The van der Waals surface area contributed by atoms with Crippen molar-refractivity contribution in [2.24, 2.45) is 0 Å². The molecule has 2 nitrogen and oxygen atoms in total. The van der Waals surface area contributed by atoms with Crippen LogP contribution in [0.5, 0.6) is 0 Å². The quantitative estimate of drug-likeness (QED) is 0.585. The Hall–Kier alpha value is -1.00. The summed E-state index contributed by atoms with van der Waals surface area (Å²) >= 11 is 0. The Kier molecular flexibility index (Phi) is 2.77. The van der Waals surface area contributed by atoms with Gasteiger partial charge in [-0.05, 0) is 0 Å². The van der Waals surface area contributed by atoms with Gasteiger partial charge in [-0.3, -0.25) is 0 Å². The summed E-state index contributed by atoms with van der Waals surface area (Å²) in [5.41, 5.74) is -1.48. The fourth-order valence-corrected chi connectivity index (χ4v) is 0.188. The summed E-state index contributed by atoms with van der Waals surface area (Å²) in [5, 5.41) is 7.77. The van der Waals surface area contributed by atoms with Crippen LogP contribution in [-0.2, 0) is 4.79 Å². The van der Waals surface area contributed by atoms with E-state index in [0.717, 1.165) is 0 Å². The maximum Gasteiger partial charge on any atom is 0.339 e. The molecule has 0 heterocycles. The maximum absolute atomic E-state index is 11.2. The average Bonchev–Trinajstić information content (AvgIpc) is 1.64. The maximum atomic E-state index is 11.2. The third kappa shape index (κ3) is 2.16. The second kappa shape index (κ2) is 3.11. The van der Waals surface area contributed by atoms with Crippen LogP contribution in [0.25, 0.3) is 0 Å². The van der Waals surface area contributed by atoms with Gasteiger partial charge in [-0.1, -0.05) is 0 Å². The number of carbonyl (C=O) groups is 1. The zero-order valence-corrected chi connectivity index (χ0v) is 4.20. The average molecular weight is 140 g/mol. The first-order valence-corrected chi connectivity index (χ1v) is 1.93. The second-order valence-corrected chi connectivity index (χ2v) is 1.18. The van der Waals surface area contributed by atoms with Crippen LogP contribution in [0.15, 0.2) is 11.7 Å². The SMILES string of the molecule is O=C(O)C(CF)=C(F)F. The molecule has 0 bridgehead atoms. The number of alkyl halides is 1. The van der Waals surface area contributed by atoms with Crippen LogP contribution < -0.4 is 0 Å². The van der Waals surface area contributed by atoms with E-state index >= 15 is 0 Å². The molecule has 0 aromatic carbocycles. The fourth-order valence-electron chi connectivity index (χ4n) is 0.188. The van der Waals surface area contributed by atoms with E-state index < -0.39 is 24.3 Å². The largest absolute Gasteiger partial charge is 0.478 e. The van der Waals surface area contributed by atoms with Crippen molar-refractivity contribution in [1.29, 1.82) is 0 Å². The second-order valence-electron chi connectivity index (χ2n) is 1.18. The molecular formula is C4H3F3O2. The van der Waals surface area contributed by atoms with Crippen molar-refractivity contribution >= 4 is 5.97 Å². The monoisotopic (exact) mass is 140 g/mol. The summed E-state index contributed by atoms with van der Waals surface area (Å²) in [5.74, 6) is -1.92. The van der Waals surface area contributed by atoms with Gasteiger partial charge in [-0.15, -0.1) is 0 Å². The van der Waals surface area contributed by atoms with Crippen molar-refractivity contribution in [2.45, 2.75) is 0 Å². The molecule has 0 fully saturated rings. The van der Waals surface area contributed by atoms with Crippen molar-refractivity contribution in [1.82, 2.24) is 0 Å². The van der Waals surface area contributed by atoms with Gasteiger partial charge in [0.1, 0.15) is 12.2 Å². The third-order valence-electron chi connectivity index (χ3n) is 0.620. The molecule has 0 atom stereocenters. The highest BCUT2D eigenvalue weighted by molar-refractivity contribution is 5.86. The highest BCUT2D eigenvalue weighted by Crippen LogP contribution is 2.07. The van der Waals surface area contributed by atoms with Gasteiger partial charge in [0.2, 0.25) is 0 Å². The minimum Gasteiger partial charge on any atom is -0.478 e. The fraction of sp³-hybridized carbons (Fsp3) is 0.250. The number of rotatable bonds is 2. The lowest BCUT2D eigenvalue weighted by molar-refractivity contribution is -0.133. The smallest absolute Gasteiger partial charge is 0.339 e. The molecule has 1 N–H and O–H groups in total. The predicted molar refractivity (Wildman–Crippen MR) is 22.9 cm³/mol. The molecule has 0 saturated heterocycles. The topological polar surface area (TPSA) is 37.3 Å². The highest BCUT2D eigenvalue weighted by Gasteiger charge is 2.13. The van der Waals surface area contributed by atoms with E-state index in [1.807, 2.05) is 0 Å². The van der Waals surface area contributed by atoms with Gasteiger partial charge < -0.3 is 5.11 Å². The zero-order valence-electron chi connectivity index (χ0n) is 4.20. The van der Waals surface area contributed by atoms with E-state index in [4.69, 9.17) is 5.11 Å². The lowest BCUT2D eigenvalue weighted by Crippen LogP contribution is -2.02. The van der Waals surface area contributed by atoms with Crippen LogP contribution >= 0.6 is 0 Å². The zero-order chi connectivity index (χ0) is 7.44. The molecule has 9 heavy (non-hydrogen) atoms. The predicted octanol–water partition coefficient (Wildman–Crippen LogP) is 1.19. The molecule has 0 rings (SSSR count). The summed E-state index contributed by atoms with van der Waals surface area (Å²) in [6.45, 7) is -1.64. The number of hydrogen-bond donors (Lipinski definition) is 1. The van der Waals surface area contributed by atoms with Gasteiger partial charge in [-0.25, -0.2) is 9.18 Å². The Balaban J connectivity index is 4.35. The van der Waals surface area contributed by atoms with Gasteiger partial charge in [0.05, 0.1) is 0 Å². The van der Waals surface area contributed by atoms with E-state index in [2.05, 4.69) is 0 Å². The van der Waals surface area contributed by atoms with Crippen LogP contribution in [-0.4, -0.2) is 17.8 Å². The normalized spacial score (nSPS) is 8.78. The molecule has 5 heteroatoms. The van der Waals surface area contributed by atoms with Gasteiger partial charge in [-0.2, -0.15) is 8.78 Å². The number of hydrogen-bond acceptors (Lipinski definition) is 1. The molecule has 0 radical (unpaired) electrons. The Bertz CT molecular complexity index is 148. The third-order valence-corrected chi connectivity index (χ3v) is 0.620. The van der Waals surface area contributed by atoms with E-state index in [1.165, 1.54) is 0 Å². The number of aliphatic carboxylic acids is 1. The molecule has 0 amide bonds. The van der Waals surface area contributed by atoms with E-state index in [1.54, 1.807) is 0 Å². The molecule has 0 aliphatic heterocycles. The van der Waals surface area contributed by atoms with Crippen LogP contribution in [0.2, 0.25) is 0 Å². The van der Waals surface area contributed by atoms with Gasteiger partial charge in [0, 0.05) is 0 Å². The molecule has 0 unspecified atom stereocenters. The van der Waals surface area contributed by atoms with Crippen LogP contribution in [0.4, 0.5) is 13.2 Å². The van der Waals surface area contributed by atoms with E-state index in [-0.39, 0.29) is 0 Å². The van der Waals surface area contributed by atoms with Crippen molar-refractivity contribution in [3.8, 4) is 0 Å². The summed E-state index contributed by atoms with van der Waals surface area (Å²) < 4.78 is 33.7. The summed E-state index contributed by atoms with van der Waals surface area (Å²) in [4.78, 5) is 9.59. The molecule has 0 saturated carbocycles. The van der Waals surface area contributed by atoms with E-state index in [0.29, 0.717) is 0 Å². The lowest BCUT2D eigenvalue weighted by Gasteiger charge is -1.89. The van der Waals surface area contributed by atoms with Gasteiger partial charge in [0.15, 0.2) is 0 Å². The standard InChI is InChI=1S/C4H3F3O2/c5-1-2(3(6)7)4(8)9/h1H2,(H,8,9). The molecular weight excluding hydrogens is 137 g/mol. The van der Waals surface area contributed by atoms with Crippen molar-refractivity contribution < 1.29 is 23.1 Å². The van der Waals surface area contributed by atoms with Crippen LogP contribution in [0.1, 0.15) is 0 Å². The van der Waals surface area contributed by atoms with Crippen LogP contribution in [0, 0.1) is 0 Å². The summed E-state index contributed by atoms with van der Waals surface area (Å²) in [7, 11) is 0. The molecule has 0 aliphatic carbocycles. The molecule has 0 aromatic rings.